The molecular weight excluding hydrogens is 692 g/mol. The van der Waals surface area contributed by atoms with Gasteiger partial charge in [-0.15, -0.1) is 0 Å². The number of aromatic nitrogens is 3. The Labute approximate surface area is 298 Å². The van der Waals surface area contributed by atoms with Crippen molar-refractivity contribution >= 4 is 38.9 Å². The second-order valence-electron chi connectivity index (χ2n) is 12.2. The molecule has 0 spiro atoms. The molecule has 0 saturated heterocycles. The monoisotopic (exact) mass is 726 g/mol. The van der Waals surface area contributed by atoms with Crippen LogP contribution >= 0.6 is 0 Å². The predicted octanol–water partition coefficient (Wildman–Crippen LogP) is 7.23. The number of hydrogen-bond acceptors (Lipinski definition) is 12. The number of aryl methyl sites for hydroxylation is 3. The number of ether oxygens (including phenoxy) is 4. The maximum Gasteiger partial charge on any atom is 0.516 e. The predicted molar refractivity (Wildman–Crippen MR) is 186 cm³/mol. The SMILES string of the molecule is COC(=O)Oc1oc(C)nc1Cc1c([C@H]2[C@@H](Cc3nc(C)oc3OC(=O)OC)c3ccccc3N2S(=O)(=O)c2ccc(C)cc2)[nH]c2ccccc12. The molecule has 0 radical (unpaired) electrons. The van der Waals surface area contributed by atoms with Crippen molar-refractivity contribution in [3.8, 4) is 11.9 Å². The molecule has 0 amide bonds. The first-order valence-electron chi connectivity index (χ1n) is 16.2. The molecule has 6 aromatic rings. The quantitative estimate of drug-likeness (QED) is 0.148. The highest BCUT2D eigenvalue weighted by molar-refractivity contribution is 7.92. The lowest BCUT2D eigenvalue weighted by atomic mass is 9.87. The number of sulfonamides is 1. The van der Waals surface area contributed by atoms with Crippen LogP contribution in [-0.2, 0) is 32.3 Å². The standard InChI is InChI=1S/C37H34N4O10S/c1-20-14-16-23(17-15-20)52(44,45)41-31-13-9-7-11-25(31)27(19-30-35(49-22(3)39-30)51-37(43)47-5)33(41)32-26(24-10-6-8-12-28(24)40-32)18-29-34(48-21(2)38-29)50-36(42)46-4/h6-17,27,33,40H,18-19H2,1-5H3/t27-,33+/m0/s1. The van der Waals surface area contributed by atoms with Crippen molar-refractivity contribution in [3.05, 3.63) is 118 Å². The minimum Gasteiger partial charge on any atom is -0.437 e. The van der Waals surface area contributed by atoms with Crippen LogP contribution in [-0.4, -0.2) is 49.9 Å². The van der Waals surface area contributed by atoms with Crippen molar-refractivity contribution in [2.45, 2.75) is 50.5 Å². The van der Waals surface area contributed by atoms with Crippen LogP contribution in [0.4, 0.5) is 15.3 Å². The number of carbonyl (C=O) groups excluding carboxylic acids is 2. The van der Waals surface area contributed by atoms with Gasteiger partial charge in [-0.3, -0.25) is 4.31 Å². The van der Waals surface area contributed by atoms with Gasteiger partial charge < -0.3 is 32.8 Å². The summed E-state index contributed by atoms with van der Waals surface area (Å²) in [7, 11) is -1.86. The van der Waals surface area contributed by atoms with Gasteiger partial charge >= 0.3 is 24.2 Å². The first kappa shape index (κ1) is 34.4. The molecule has 1 aliphatic heterocycles. The number of rotatable bonds is 9. The summed E-state index contributed by atoms with van der Waals surface area (Å²) in [6.07, 6.45) is -1.79. The molecule has 3 aromatic heterocycles. The lowest BCUT2D eigenvalue weighted by Gasteiger charge is -2.30. The molecule has 4 heterocycles. The van der Waals surface area contributed by atoms with Gasteiger partial charge in [0.2, 0.25) is 0 Å². The molecule has 0 aliphatic carbocycles. The molecule has 3 aromatic carbocycles. The van der Waals surface area contributed by atoms with E-state index in [0.717, 1.165) is 16.5 Å². The van der Waals surface area contributed by atoms with Crippen LogP contribution in [0.3, 0.4) is 0 Å². The van der Waals surface area contributed by atoms with Crippen LogP contribution in [0.15, 0.2) is 86.5 Å². The van der Waals surface area contributed by atoms with Gasteiger partial charge in [-0.25, -0.2) is 28.0 Å². The van der Waals surface area contributed by atoms with E-state index in [9.17, 15) is 18.0 Å². The van der Waals surface area contributed by atoms with E-state index >= 15 is 0 Å². The van der Waals surface area contributed by atoms with E-state index in [1.165, 1.54) is 18.5 Å². The van der Waals surface area contributed by atoms with E-state index < -0.39 is 34.3 Å². The van der Waals surface area contributed by atoms with E-state index in [0.29, 0.717) is 33.9 Å². The number of hydrogen-bond donors (Lipinski definition) is 1. The van der Waals surface area contributed by atoms with Crippen molar-refractivity contribution in [3.63, 3.8) is 0 Å². The summed E-state index contributed by atoms with van der Waals surface area (Å²) in [6, 6.07) is 20.6. The van der Waals surface area contributed by atoms with E-state index in [1.54, 1.807) is 50.2 Å². The van der Waals surface area contributed by atoms with Crippen molar-refractivity contribution in [1.82, 2.24) is 15.0 Å². The number of benzene rings is 3. The molecule has 15 heteroatoms. The van der Waals surface area contributed by atoms with E-state index in [4.69, 9.17) is 27.8 Å². The molecule has 52 heavy (non-hydrogen) atoms. The summed E-state index contributed by atoms with van der Waals surface area (Å²) < 4.78 is 62.7. The van der Waals surface area contributed by atoms with Crippen LogP contribution < -0.4 is 13.8 Å². The molecule has 0 fully saturated rings. The molecule has 7 rings (SSSR count). The summed E-state index contributed by atoms with van der Waals surface area (Å²) >= 11 is 0. The fourth-order valence-corrected chi connectivity index (χ4v) is 8.39. The Hall–Kier alpha value is -6.09. The Morgan fingerprint density at radius 2 is 1.40 bits per heavy atom. The molecule has 0 saturated carbocycles. The molecular formula is C37H34N4O10S. The van der Waals surface area contributed by atoms with E-state index in [1.807, 2.05) is 43.3 Å². The lowest BCUT2D eigenvalue weighted by Crippen LogP contribution is -2.34. The van der Waals surface area contributed by atoms with Gasteiger partial charge in [0.25, 0.3) is 10.0 Å². The fourth-order valence-electron chi connectivity index (χ4n) is 6.71. The zero-order chi connectivity index (χ0) is 36.7. The normalized spacial score (nSPS) is 15.4. The lowest BCUT2D eigenvalue weighted by molar-refractivity contribution is 0.109. The first-order chi connectivity index (χ1) is 25.0. The number of oxazole rings is 2. The Morgan fingerprint density at radius 3 is 2.08 bits per heavy atom. The van der Waals surface area contributed by atoms with Gasteiger partial charge in [-0.1, -0.05) is 54.1 Å². The third kappa shape index (κ3) is 6.23. The Morgan fingerprint density at radius 1 is 0.808 bits per heavy atom. The van der Waals surface area contributed by atoms with Crippen LogP contribution in [0.5, 0.6) is 11.9 Å². The van der Waals surface area contributed by atoms with Crippen LogP contribution in [0.1, 0.15) is 57.5 Å². The number of nitrogens with one attached hydrogen (secondary N) is 1. The van der Waals surface area contributed by atoms with Gasteiger partial charge in [-0.2, -0.15) is 0 Å². The largest absolute Gasteiger partial charge is 0.516 e. The van der Waals surface area contributed by atoms with Crippen molar-refractivity contribution in [1.29, 1.82) is 0 Å². The minimum absolute atomic E-state index is 0.0841. The zero-order valence-electron chi connectivity index (χ0n) is 28.8. The second-order valence-corrected chi connectivity index (χ2v) is 14.0. The zero-order valence-corrected chi connectivity index (χ0v) is 29.6. The number of anilines is 1. The summed E-state index contributed by atoms with van der Waals surface area (Å²) in [4.78, 5) is 37.0. The van der Waals surface area contributed by atoms with Crippen molar-refractivity contribution in [2.24, 2.45) is 0 Å². The maximum absolute atomic E-state index is 14.9. The Kier molecular flexibility index (Phi) is 8.96. The van der Waals surface area contributed by atoms with Crippen molar-refractivity contribution < 1.29 is 45.8 Å². The number of carbonyl (C=O) groups is 2. The molecule has 1 N–H and O–H groups in total. The summed E-state index contributed by atoms with van der Waals surface area (Å²) in [5.74, 6) is -0.396. The Bertz CT molecular complexity index is 2410. The minimum atomic E-state index is -4.23. The van der Waals surface area contributed by atoms with E-state index in [-0.39, 0.29) is 41.4 Å². The van der Waals surface area contributed by atoms with Crippen LogP contribution in [0.2, 0.25) is 0 Å². The summed E-state index contributed by atoms with van der Waals surface area (Å²) in [5, 5.41) is 0.788. The van der Waals surface area contributed by atoms with Crippen molar-refractivity contribution in [2.75, 3.05) is 18.5 Å². The van der Waals surface area contributed by atoms with Crippen LogP contribution in [0.25, 0.3) is 10.9 Å². The number of nitrogens with zero attached hydrogens (tertiary/aromatic N) is 3. The summed E-state index contributed by atoms with van der Waals surface area (Å²) in [5.41, 5.74) is 4.65. The molecule has 0 bridgehead atoms. The first-order valence-corrected chi connectivity index (χ1v) is 17.7. The number of H-pyrrole nitrogens is 1. The smallest absolute Gasteiger partial charge is 0.437 e. The molecule has 268 valence electrons. The third-order valence-electron chi connectivity index (χ3n) is 8.91. The Balaban J connectivity index is 1.46. The highest BCUT2D eigenvalue weighted by atomic mass is 32.2. The van der Waals surface area contributed by atoms with Gasteiger partial charge in [0.1, 0.15) is 11.4 Å². The van der Waals surface area contributed by atoms with Crippen LogP contribution in [0, 0.1) is 20.8 Å². The molecule has 0 unspecified atom stereocenters. The molecule has 2 atom stereocenters. The average molecular weight is 727 g/mol. The number of fused-ring (bicyclic) bond motifs is 2. The third-order valence-corrected chi connectivity index (χ3v) is 10.7. The van der Waals surface area contributed by atoms with Gasteiger partial charge in [0.15, 0.2) is 11.8 Å². The topological polar surface area (TPSA) is 176 Å². The van der Waals surface area contributed by atoms with Gasteiger partial charge in [-0.05, 0) is 42.3 Å². The number of methoxy groups -OCH3 is 2. The highest BCUT2D eigenvalue weighted by Gasteiger charge is 2.48. The van der Waals surface area contributed by atoms with Gasteiger partial charge in [0, 0.05) is 49.2 Å². The molecule has 1 aliphatic rings. The number of para-hydroxylation sites is 2. The maximum atomic E-state index is 14.9. The average Bonchev–Trinajstić information content (AvgIpc) is 3.86. The molecule has 14 nitrogen and oxygen atoms in total. The fraction of sp³-hybridized carbons (Fsp3) is 0.243. The van der Waals surface area contributed by atoms with Gasteiger partial charge in [0.05, 0.1) is 30.8 Å². The second kappa shape index (κ2) is 13.6. The highest BCUT2D eigenvalue weighted by Crippen LogP contribution is 2.54. The van der Waals surface area contributed by atoms with E-state index in [2.05, 4.69) is 15.0 Å². The summed E-state index contributed by atoms with van der Waals surface area (Å²) in [6.45, 7) is 5.12. The number of aromatic amines is 1.